The lowest BCUT2D eigenvalue weighted by Crippen LogP contribution is -2.45. The van der Waals surface area contributed by atoms with Crippen molar-refractivity contribution >= 4 is 11.9 Å². The maximum atomic E-state index is 13.3. The standard InChI is InChI=1S/C22H27N7O4/c1-15-17(13-33-20(15)30)28-10-7-22(21(28)31)5-8-27(9-6-22)12-18(32-2)16-3-4-19(23-11-16)29-14-24-25-26-29/h3-4,11,14,18H,5-10,12-13H2,1-2H3/t18-/m0/s1. The fraction of sp³-hybridized carbons (Fsp3) is 0.545. The molecule has 33 heavy (non-hydrogen) atoms. The molecule has 0 saturated carbocycles. The molecular formula is C22H27N7O4. The van der Waals surface area contributed by atoms with E-state index < -0.39 is 0 Å². The van der Waals surface area contributed by atoms with Gasteiger partial charge in [0.1, 0.15) is 12.9 Å². The molecule has 0 radical (unpaired) electrons. The van der Waals surface area contributed by atoms with Crippen molar-refractivity contribution in [3.05, 3.63) is 41.5 Å². The minimum atomic E-state index is -0.340. The largest absolute Gasteiger partial charge is 0.456 e. The average Bonchev–Trinajstić information content (AvgIpc) is 3.56. The van der Waals surface area contributed by atoms with Gasteiger partial charge in [-0.15, -0.1) is 5.10 Å². The number of hydrogen-bond donors (Lipinski definition) is 0. The number of methoxy groups -OCH3 is 1. The molecule has 2 aromatic heterocycles. The van der Waals surface area contributed by atoms with Crippen LogP contribution in [-0.4, -0.2) is 86.8 Å². The predicted octanol–water partition coefficient (Wildman–Crippen LogP) is 0.890. The van der Waals surface area contributed by atoms with Gasteiger partial charge < -0.3 is 19.3 Å². The van der Waals surface area contributed by atoms with Crippen LogP contribution in [0.25, 0.3) is 5.82 Å². The van der Waals surface area contributed by atoms with E-state index in [1.807, 2.05) is 12.1 Å². The molecule has 1 atom stereocenters. The number of aromatic nitrogens is 5. The molecular weight excluding hydrogens is 426 g/mol. The van der Waals surface area contributed by atoms with E-state index in [4.69, 9.17) is 9.47 Å². The van der Waals surface area contributed by atoms with Crippen LogP contribution in [0.5, 0.6) is 0 Å². The first-order chi connectivity index (χ1) is 16.0. The quantitative estimate of drug-likeness (QED) is 0.588. The highest BCUT2D eigenvalue weighted by Crippen LogP contribution is 2.44. The Morgan fingerprint density at radius 3 is 2.58 bits per heavy atom. The van der Waals surface area contributed by atoms with Crippen LogP contribution in [0, 0.1) is 5.41 Å². The van der Waals surface area contributed by atoms with Gasteiger partial charge in [-0.3, -0.25) is 4.79 Å². The first kappa shape index (κ1) is 21.7. The van der Waals surface area contributed by atoms with E-state index in [2.05, 4.69) is 25.4 Å². The van der Waals surface area contributed by atoms with Crippen molar-refractivity contribution < 1.29 is 19.1 Å². The van der Waals surface area contributed by atoms with Gasteiger partial charge in [-0.05, 0) is 55.8 Å². The molecule has 0 aliphatic carbocycles. The Morgan fingerprint density at radius 1 is 1.18 bits per heavy atom. The number of esters is 1. The third kappa shape index (κ3) is 3.91. The maximum Gasteiger partial charge on any atom is 0.336 e. The summed E-state index contributed by atoms with van der Waals surface area (Å²) in [6.45, 7) is 4.96. The van der Waals surface area contributed by atoms with Crippen molar-refractivity contribution in [3.8, 4) is 5.82 Å². The fourth-order valence-corrected chi connectivity index (χ4v) is 4.99. The number of amides is 1. The zero-order valence-corrected chi connectivity index (χ0v) is 18.8. The number of piperidine rings is 1. The Morgan fingerprint density at radius 2 is 1.97 bits per heavy atom. The number of tetrazole rings is 1. The highest BCUT2D eigenvalue weighted by molar-refractivity contribution is 5.94. The SMILES string of the molecule is CO[C@@H](CN1CCC2(CC1)CCN(C1=C(C)C(=O)OC1)C2=O)c1ccc(-n2cnnn2)nc1. The Labute approximate surface area is 191 Å². The third-order valence-corrected chi connectivity index (χ3v) is 7.17. The average molecular weight is 454 g/mol. The fourth-order valence-electron chi connectivity index (χ4n) is 4.99. The lowest BCUT2D eigenvalue weighted by Gasteiger charge is -2.39. The maximum absolute atomic E-state index is 13.3. The van der Waals surface area contributed by atoms with Gasteiger partial charge >= 0.3 is 5.97 Å². The van der Waals surface area contributed by atoms with Crippen LogP contribution >= 0.6 is 0 Å². The molecule has 0 aromatic carbocycles. The second-order valence-corrected chi connectivity index (χ2v) is 8.86. The number of pyridine rings is 1. The lowest BCUT2D eigenvalue weighted by atomic mass is 9.77. The van der Waals surface area contributed by atoms with Gasteiger partial charge in [0.15, 0.2) is 5.82 Å². The minimum absolute atomic E-state index is 0.125. The Balaban J connectivity index is 1.20. The van der Waals surface area contributed by atoms with Crippen molar-refractivity contribution in [2.75, 3.05) is 39.9 Å². The second-order valence-electron chi connectivity index (χ2n) is 8.86. The first-order valence-electron chi connectivity index (χ1n) is 11.1. The molecule has 3 aliphatic rings. The van der Waals surface area contributed by atoms with Crippen LogP contribution in [0.15, 0.2) is 35.9 Å². The molecule has 1 amide bonds. The molecule has 5 heterocycles. The van der Waals surface area contributed by atoms with Crippen molar-refractivity contribution in [3.63, 3.8) is 0 Å². The lowest BCUT2D eigenvalue weighted by molar-refractivity contribution is -0.138. The Bertz CT molecular complexity index is 1060. The molecule has 11 nitrogen and oxygen atoms in total. The molecule has 11 heteroatoms. The first-order valence-corrected chi connectivity index (χ1v) is 11.1. The van der Waals surface area contributed by atoms with Crippen LogP contribution in [0.3, 0.4) is 0 Å². The number of cyclic esters (lactones) is 1. The second kappa shape index (κ2) is 8.64. The zero-order chi connectivity index (χ0) is 23.0. The van der Waals surface area contributed by atoms with Gasteiger partial charge in [-0.25, -0.2) is 9.78 Å². The van der Waals surface area contributed by atoms with E-state index >= 15 is 0 Å². The molecule has 3 aliphatic heterocycles. The Kier molecular flexibility index (Phi) is 5.67. The number of hydrogen-bond acceptors (Lipinski definition) is 9. The molecule has 0 N–H and O–H groups in total. The minimum Gasteiger partial charge on any atom is -0.456 e. The number of carbonyl (C=O) groups is 2. The predicted molar refractivity (Wildman–Crippen MR) is 115 cm³/mol. The summed E-state index contributed by atoms with van der Waals surface area (Å²) in [6.07, 6.45) is 5.59. The number of carbonyl (C=O) groups excluding carboxylic acids is 2. The van der Waals surface area contributed by atoms with E-state index in [1.54, 1.807) is 25.1 Å². The van der Waals surface area contributed by atoms with Crippen LogP contribution in [0.4, 0.5) is 0 Å². The van der Waals surface area contributed by atoms with Crippen LogP contribution in [-0.2, 0) is 19.1 Å². The smallest absolute Gasteiger partial charge is 0.336 e. The van der Waals surface area contributed by atoms with Gasteiger partial charge in [0.05, 0.1) is 22.8 Å². The molecule has 1 spiro atoms. The summed E-state index contributed by atoms with van der Waals surface area (Å²) in [4.78, 5) is 33.6. The summed E-state index contributed by atoms with van der Waals surface area (Å²) in [5, 5.41) is 11.1. The van der Waals surface area contributed by atoms with E-state index in [-0.39, 0.29) is 30.0 Å². The van der Waals surface area contributed by atoms with Crippen molar-refractivity contribution in [1.29, 1.82) is 0 Å². The molecule has 174 valence electrons. The van der Waals surface area contributed by atoms with Crippen molar-refractivity contribution in [1.82, 2.24) is 35.0 Å². The molecule has 2 aromatic rings. The van der Waals surface area contributed by atoms with Gasteiger partial charge in [-0.2, -0.15) is 4.68 Å². The van der Waals surface area contributed by atoms with Crippen molar-refractivity contribution in [2.45, 2.75) is 32.3 Å². The highest BCUT2D eigenvalue weighted by atomic mass is 16.5. The summed E-state index contributed by atoms with van der Waals surface area (Å²) >= 11 is 0. The van der Waals surface area contributed by atoms with E-state index in [0.29, 0.717) is 17.9 Å². The van der Waals surface area contributed by atoms with Crippen LogP contribution in [0.2, 0.25) is 0 Å². The zero-order valence-electron chi connectivity index (χ0n) is 18.8. The monoisotopic (exact) mass is 453 g/mol. The normalized spacial score (nSPS) is 21.8. The van der Waals surface area contributed by atoms with Gasteiger partial charge in [0.2, 0.25) is 5.91 Å². The molecule has 0 unspecified atom stereocenters. The topological polar surface area (TPSA) is 116 Å². The van der Waals surface area contributed by atoms with Crippen molar-refractivity contribution in [2.24, 2.45) is 5.41 Å². The summed E-state index contributed by atoms with van der Waals surface area (Å²) in [7, 11) is 1.70. The number of ether oxygens (including phenoxy) is 2. The number of likely N-dealkylation sites (tertiary alicyclic amines) is 2. The van der Waals surface area contributed by atoms with E-state index in [1.165, 1.54) is 11.0 Å². The van der Waals surface area contributed by atoms with E-state index in [9.17, 15) is 9.59 Å². The van der Waals surface area contributed by atoms with Crippen LogP contribution < -0.4 is 0 Å². The van der Waals surface area contributed by atoms with Gasteiger partial charge in [0, 0.05) is 32.0 Å². The summed E-state index contributed by atoms with van der Waals surface area (Å²) in [6, 6.07) is 3.84. The van der Waals surface area contributed by atoms with Crippen LogP contribution in [0.1, 0.15) is 37.9 Å². The summed E-state index contributed by atoms with van der Waals surface area (Å²) in [5.74, 6) is 0.461. The molecule has 2 saturated heterocycles. The number of rotatable bonds is 6. The van der Waals surface area contributed by atoms with Gasteiger partial charge in [-0.1, -0.05) is 6.07 Å². The molecule has 0 bridgehead atoms. The van der Waals surface area contributed by atoms with E-state index in [0.717, 1.165) is 50.2 Å². The summed E-state index contributed by atoms with van der Waals surface area (Å²) < 4.78 is 12.4. The molecule has 2 fully saturated rings. The van der Waals surface area contributed by atoms with Gasteiger partial charge in [0.25, 0.3) is 0 Å². The molecule has 5 rings (SSSR count). The third-order valence-electron chi connectivity index (χ3n) is 7.17. The Hall–Kier alpha value is -3.18. The number of nitrogens with zero attached hydrogens (tertiary/aromatic N) is 7. The summed E-state index contributed by atoms with van der Waals surface area (Å²) in [5.41, 5.74) is 1.93. The highest BCUT2D eigenvalue weighted by Gasteiger charge is 2.50.